The third kappa shape index (κ3) is 3.57. The Hall–Kier alpha value is -2.41. The fourth-order valence-electron chi connectivity index (χ4n) is 1.73. The van der Waals surface area contributed by atoms with Gasteiger partial charge < -0.3 is 9.84 Å². The molecule has 6 nitrogen and oxygen atoms in total. The molecule has 0 fully saturated rings. The number of aromatic carboxylic acids is 1. The molecule has 0 saturated carbocycles. The largest absolute Gasteiger partial charge is 0.478 e. The minimum atomic E-state index is -1.08. The smallest absolute Gasteiger partial charge is 0.335 e. The van der Waals surface area contributed by atoms with Crippen LogP contribution in [-0.2, 0) is 0 Å². The van der Waals surface area contributed by atoms with E-state index < -0.39 is 10.9 Å². The summed E-state index contributed by atoms with van der Waals surface area (Å²) >= 11 is 3.25. The molecule has 2 aromatic carbocycles. The molecule has 1 N–H and O–H groups in total. The number of rotatable bonds is 4. The molecule has 7 heteroatoms. The molecule has 0 heterocycles. The summed E-state index contributed by atoms with van der Waals surface area (Å²) < 4.78 is 6.11. The van der Waals surface area contributed by atoms with Crippen molar-refractivity contribution in [3.63, 3.8) is 0 Å². The van der Waals surface area contributed by atoms with Gasteiger partial charge in [0.1, 0.15) is 11.5 Å². The van der Waals surface area contributed by atoms with Gasteiger partial charge in [-0.2, -0.15) is 0 Å². The van der Waals surface area contributed by atoms with Gasteiger partial charge in [0.2, 0.25) is 0 Å². The standard InChI is InChI=1S/C14H10BrNO5/c1-8-4-10(16(19)20)7-11(5-8)21-13-6-9(14(17)18)2-3-12(13)15/h2-7H,1H3,(H,17,18). The third-order valence-electron chi connectivity index (χ3n) is 2.65. The summed E-state index contributed by atoms with van der Waals surface area (Å²) in [4.78, 5) is 21.3. The summed E-state index contributed by atoms with van der Waals surface area (Å²) in [5, 5.41) is 19.8. The lowest BCUT2D eigenvalue weighted by molar-refractivity contribution is -0.385. The zero-order valence-electron chi connectivity index (χ0n) is 10.9. The Bertz CT molecular complexity index is 729. The van der Waals surface area contributed by atoms with Crippen molar-refractivity contribution in [1.29, 1.82) is 0 Å². The molecule has 0 bridgehead atoms. The maximum absolute atomic E-state index is 11.0. The van der Waals surface area contributed by atoms with Gasteiger partial charge >= 0.3 is 5.97 Å². The number of non-ortho nitro benzene ring substituents is 1. The molecular weight excluding hydrogens is 342 g/mol. The number of nitrogens with zero attached hydrogens (tertiary/aromatic N) is 1. The molecule has 0 radical (unpaired) electrons. The van der Waals surface area contributed by atoms with E-state index in [4.69, 9.17) is 9.84 Å². The number of nitro groups is 1. The van der Waals surface area contributed by atoms with Crippen LogP contribution in [0.1, 0.15) is 15.9 Å². The van der Waals surface area contributed by atoms with Gasteiger partial charge in [0, 0.05) is 6.07 Å². The van der Waals surface area contributed by atoms with Gasteiger partial charge in [-0.15, -0.1) is 0 Å². The molecule has 108 valence electrons. The maximum Gasteiger partial charge on any atom is 0.335 e. The zero-order valence-corrected chi connectivity index (χ0v) is 12.5. The number of nitro benzene ring substituents is 1. The predicted octanol–water partition coefficient (Wildman–Crippen LogP) is 4.16. The topological polar surface area (TPSA) is 89.7 Å². The van der Waals surface area contributed by atoms with Crippen LogP contribution in [0.2, 0.25) is 0 Å². The van der Waals surface area contributed by atoms with Gasteiger partial charge in [-0.25, -0.2) is 4.79 Å². The van der Waals surface area contributed by atoms with Crippen LogP contribution >= 0.6 is 15.9 Å². The molecule has 0 spiro atoms. The summed E-state index contributed by atoms with van der Waals surface area (Å²) in [6, 6.07) is 8.66. The van der Waals surface area contributed by atoms with Gasteiger partial charge in [0.25, 0.3) is 5.69 Å². The summed E-state index contributed by atoms with van der Waals surface area (Å²) in [6.45, 7) is 1.71. The van der Waals surface area contributed by atoms with E-state index in [-0.39, 0.29) is 22.7 Å². The maximum atomic E-state index is 11.0. The molecular formula is C14H10BrNO5. The fourth-order valence-corrected chi connectivity index (χ4v) is 2.06. The van der Waals surface area contributed by atoms with Gasteiger partial charge in [0.05, 0.1) is 21.0 Å². The molecule has 0 aliphatic rings. The number of halogens is 1. The lowest BCUT2D eigenvalue weighted by Crippen LogP contribution is -1.97. The first-order valence-electron chi connectivity index (χ1n) is 5.83. The van der Waals surface area contributed by atoms with E-state index in [9.17, 15) is 14.9 Å². The number of carboxylic acids is 1. The Labute approximate surface area is 128 Å². The monoisotopic (exact) mass is 351 g/mol. The molecule has 0 unspecified atom stereocenters. The van der Waals surface area contributed by atoms with Gasteiger partial charge in [-0.1, -0.05) is 0 Å². The fraction of sp³-hybridized carbons (Fsp3) is 0.0714. The van der Waals surface area contributed by atoms with Crippen LogP contribution in [0.3, 0.4) is 0 Å². The van der Waals surface area contributed by atoms with Crippen molar-refractivity contribution in [3.05, 3.63) is 62.1 Å². The number of carboxylic acid groups (broad SMARTS) is 1. The van der Waals surface area contributed by atoms with Crippen molar-refractivity contribution in [2.45, 2.75) is 6.92 Å². The third-order valence-corrected chi connectivity index (χ3v) is 3.31. The first kappa shape index (κ1) is 15.0. The van der Waals surface area contributed by atoms with E-state index >= 15 is 0 Å². The summed E-state index contributed by atoms with van der Waals surface area (Å²) in [5.74, 6) is -0.540. The van der Waals surface area contributed by atoms with Crippen molar-refractivity contribution < 1.29 is 19.6 Å². The second-order valence-corrected chi connectivity index (χ2v) is 5.17. The average molecular weight is 352 g/mol. The highest BCUT2D eigenvalue weighted by molar-refractivity contribution is 9.10. The van der Waals surface area contributed by atoms with Crippen LogP contribution in [-0.4, -0.2) is 16.0 Å². The number of aryl methyl sites for hydroxylation is 1. The van der Waals surface area contributed by atoms with Gasteiger partial charge in [0.15, 0.2) is 0 Å². The molecule has 0 saturated heterocycles. The van der Waals surface area contributed by atoms with Crippen LogP contribution in [0.4, 0.5) is 5.69 Å². The van der Waals surface area contributed by atoms with Gasteiger partial charge in [-0.3, -0.25) is 10.1 Å². The lowest BCUT2D eigenvalue weighted by Gasteiger charge is -2.09. The molecule has 21 heavy (non-hydrogen) atoms. The normalized spacial score (nSPS) is 10.2. The Morgan fingerprint density at radius 1 is 1.29 bits per heavy atom. The molecule has 0 atom stereocenters. The number of hydrogen-bond donors (Lipinski definition) is 1. The Kier molecular flexibility index (Phi) is 4.23. The van der Waals surface area contributed by atoms with Crippen LogP contribution < -0.4 is 4.74 Å². The Morgan fingerprint density at radius 3 is 2.62 bits per heavy atom. The second kappa shape index (κ2) is 5.92. The van der Waals surface area contributed by atoms with E-state index in [0.29, 0.717) is 10.0 Å². The highest BCUT2D eigenvalue weighted by Crippen LogP contribution is 2.32. The van der Waals surface area contributed by atoms with Crippen molar-refractivity contribution in [3.8, 4) is 11.5 Å². The van der Waals surface area contributed by atoms with Crippen molar-refractivity contribution in [1.82, 2.24) is 0 Å². The SMILES string of the molecule is Cc1cc(Oc2cc(C(=O)O)ccc2Br)cc([N+](=O)[O-])c1. The zero-order chi connectivity index (χ0) is 15.6. The van der Waals surface area contributed by atoms with E-state index in [1.165, 1.54) is 24.3 Å². The molecule has 2 aromatic rings. The number of hydrogen-bond acceptors (Lipinski definition) is 4. The first-order chi connectivity index (χ1) is 9.86. The van der Waals surface area contributed by atoms with Crippen LogP contribution in [0.15, 0.2) is 40.9 Å². The summed E-state index contributed by atoms with van der Waals surface area (Å²) in [7, 11) is 0. The van der Waals surface area contributed by atoms with Crippen LogP contribution in [0.5, 0.6) is 11.5 Å². The van der Waals surface area contributed by atoms with E-state index in [0.717, 1.165) is 0 Å². The quantitative estimate of drug-likeness (QED) is 0.659. The molecule has 0 amide bonds. The first-order valence-corrected chi connectivity index (χ1v) is 6.63. The van der Waals surface area contributed by atoms with Crippen molar-refractivity contribution in [2.75, 3.05) is 0 Å². The highest BCUT2D eigenvalue weighted by atomic mass is 79.9. The number of ether oxygens (including phenoxy) is 1. The summed E-state index contributed by atoms with van der Waals surface area (Å²) in [5.41, 5.74) is 0.649. The Morgan fingerprint density at radius 2 is 2.00 bits per heavy atom. The second-order valence-electron chi connectivity index (χ2n) is 4.31. The summed E-state index contributed by atoms with van der Waals surface area (Å²) in [6.07, 6.45) is 0. The number of carbonyl (C=O) groups is 1. The molecule has 0 aliphatic carbocycles. The van der Waals surface area contributed by atoms with E-state index in [2.05, 4.69) is 15.9 Å². The van der Waals surface area contributed by atoms with Gasteiger partial charge in [-0.05, 0) is 52.7 Å². The molecule has 2 rings (SSSR count). The van der Waals surface area contributed by atoms with E-state index in [1.807, 2.05) is 0 Å². The number of benzene rings is 2. The van der Waals surface area contributed by atoms with Crippen molar-refractivity contribution >= 4 is 27.6 Å². The van der Waals surface area contributed by atoms with Crippen molar-refractivity contribution in [2.24, 2.45) is 0 Å². The van der Waals surface area contributed by atoms with Crippen LogP contribution in [0.25, 0.3) is 0 Å². The average Bonchev–Trinajstić information content (AvgIpc) is 2.40. The van der Waals surface area contributed by atoms with Crippen LogP contribution in [0, 0.1) is 17.0 Å². The predicted molar refractivity (Wildman–Crippen MR) is 79.0 cm³/mol. The minimum Gasteiger partial charge on any atom is -0.478 e. The molecule has 0 aliphatic heterocycles. The lowest BCUT2D eigenvalue weighted by atomic mass is 10.2. The van der Waals surface area contributed by atoms with E-state index in [1.54, 1.807) is 19.1 Å². The highest BCUT2D eigenvalue weighted by Gasteiger charge is 2.12. The Balaban J connectivity index is 2.40. The minimum absolute atomic E-state index is 0.0651. The molecule has 0 aromatic heterocycles.